The lowest BCUT2D eigenvalue weighted by atomic mass is 9.55. The van der Waals surface area contributed by atoms with Crippen LogP contribution in [-0.4, -0.2) is 55.7 Å². The number of carbonyl (C=O) groups excluding carboxylic acids is 2. The van der Waals surface area contributed by atoms with Gasteiger partial charge in [0.05, 0.1) is 11.2 Å². The SMILES string of the molecule is COC12CCC(NC(=O)C=Cc3cccc(C(F)(F)F)c3)CC1(c1cccc(OC(C)=O)c1)CCN(C)C2. The highest BCUT2D eigenvalue weighted by Gasteiger charge is 2.58. The van der Waals surface area contributed by atoms with E-state index in [-0.39, 0.29) is 11.9 Å². The largest absolute Gasteiger partial charge is 0.427 e. The molecule has 9 heteroatoms. The highest BCUT2D eigenvalue weighted by molar-refractivity contribution is 5.92. The molecule has 2 fully saturated rings. The minimum Gasteiger partial charge on any atom is -0.427 e. The fourth-order valence-corrected chi connectivity index (χ4v) is 6.09. The lowest BCUT2D eigenvalue weighted by Crippen LogP contribution is -2.67. The second-order valence-electron chi connectivity index (χ2n) is 10.3. The van der Waals surface area contributed by atoms with Gasteiger partial charge >= 0.3 is 12.1 Å². The van der Waals surface area contributed by atoms with E-state index < -0.39 is 28.7 Å². The van der Waals surface area contributed by atoms with Gasteiger partial charge in [-0.3, -0.25) is 9.59 Å². The number of ether oxygens (including phenoxy) is 2. The number of benzene rings is 2. The third-order valence-corrected chi connectivity index (χ3v) is 7.84. The van der Waals surface area contributed by atoms with E-state index in [9.17, 15) is 22.8 Å². The molecule has 1 aliphatic carbocycles. The van der Waals surface area contributed by atoms with Crippen molar-refractivity contribution in [2.75, 3.05) is 27.2 Å². The highest BCUT2D eigenvalue weighted by Crippen LogP contribution is 2.53. The first-order valence-corrected chi connectivity index (χ1v) is 12.6. The van der Waals surface area contributed by atoms with E-state index in [4.69, 9.17) is 9.47 Å². The number of rotatable bonds is 6. The summed E-state index contributed by atoms with van der Waals surface area (Å²) in [4.78, 5) is 26.7. The van der Waals surface area contributed by atoms with Crippen LogP contribution in [0.2, 0.25) is 0 Å². The predicted molar refractivity (Wildman–Crippen MR) is 138 cm³/mol. The van der Waals surface area contributed by atoms with Crippen molar-refractivity contribution in [2.24, 2.45) is 0 Å². The smallest absolute Gasteiger partial charge is 0.416 e. The Kier molecular flexibility index (Phi) is 7.99. The van der Waals surface area contributed by atoms with Gasteiger partial charge in [-0.2, -0.15) is 13.2 Å². The van der Waals surface area contributed by atoms with Crippen LogP contribution in [-0.2, 0) is 25.9 Å². The Hall–Kier alpha value is -3.17. The number of piperidine rings is 1. The first-order chi connectivity index (χ1) is 18.0. The number of nitrogens with one attached hydrogen (secondary N) is 1. The number of amides is 1. The number of esters is 1. The molecule has 3 unspecified atom stereocenters. The minimum atomic E-state index is -4.45. The molecule has 0 spiro atoms. The van der Waals surface area contributed by atoms with Gasteiger partial charge in [0, 0.05) is 38.1 Å². The Balaban J connectivity index is 1.57. The van der Waals surface area contributed by atoms with Crippen LogP contribution in [0.1, 0.15) is 49.3 Å². The number of alkyl halides is 3. The second kappa shape index (κ2) is 10.9. The standard InChI is InChI=1S/C29H33F3N2O4/c1-20(35)38-25-9-5-7-22(17-25)27-14-15-34(2)19-28(27,37-3)13-12-24(18-27)33-26(36)11-10-21-6-4-8-23(16-21)29(30,31)32/h4-11,16-17,24H,12-15,18-19H2,1-3H3,(H,33,36). The average Bonchev–Trinajstić information content (AvgIpc) is 2.87. The van der Waals surface area contributed by atoms with E-state index in [0.29, 0.717) is 30.6 Å². The molecule has 0 bridgehead atoms. The Morgan fingerprint density at radius 1 is 1.13 bits per heavy atom. The zero-order valence-electron chi connectivity index (χ0n) is 21.8. The molecule has 1 heterocycles. The topological polar surface area (TPSA) is 67.9 Å². The number of nitrogens with zero attached hydrogens (tertiary/aromatic N) is 1. The summed E-state index contributed by atoms with van der Waals surface area (Å²) in [5, 5.41) is 3.06. The van der Waals surface area contributed by atoms with E-state index >= 15 is 0 Å². The van der Waals surface area contributed by atoms with Crippen molar-refractivity contribution >= 4 is 18.0 Å². The summed E-state index contributed by atoms with van der Waals surface area (Å²) >= 11 is 0. The van der Waals surface area contributed by atoms with Gasteiger partial charge in [0.1, 0.15) is 5.75 Å². The van der Waals surface area contributed by atoms with Crippen molar-refractivity contribution in [3.8, 4) is 5.75 Å². The second-order valence-corrected chi connectivity index (χ2v) is 10.3. The van der Waals surface area contributed by atoms with Crippen LogP contribution in [0.4, 0.5) is 13.2 Å². The first-order valence-electron chi connectivity index (χ1n) is 12.6. The molecular formula is C29H33F3N2O4. The number of hydrogen-bond donors (Lipinski definition) is 1. The van der Waals surface area contributed by atoms with Gasteiger partial charge in [0.25, 0.3) is 0 Å². The molecule has 0 aromatic heterocycles. The molecule has 6 nitrogen and oxygen atoms in total. The number of hydrogen-bond acceptors (Lipinski definition) is 5. The molecule has 38 heavy (non-hydrogen) atoms. The summed E-state index contributed by atoms with van der Waals surface area (Å²) in [6.07, 6.45) is 1.01. The third-order valence-electron chi connectivity index (χ3n) is 7.84. The number of carbonyl (C=O) groups is 2. The zero-order chi connectivity index (χ0) is 27.6. The molecule has 1 amide bonds. The van der Waals surface area contributed by atoms with Gasteiger partial charge in [0.2, 0.25) is 5.91 Å². The number of likely N-dealkylation sites (tertiary alicyclic amines) is 1. The van der Waals surface area contributed by atoms with E-state index in [1.165, 1.54) is 31.2 Å². The summed E-state index contributed by atoms with van der Waals surface area (Å²) in [5.74, 6) is -0.306. The van der Waals surface area contributed by atoms with Crippen molar-refractivity contribution in [3.05, 3.63) is 71.3 Å². The molecule has 4 rings (SSSR count). The van der Waals surface area contributed by atoms with Crippen molar-refractivity contribution in [2.45, 2.75) is 55.8 Å². The maximum absolute atomic E-state index is 13.0. The summed E-state index contributed by atoms with van der Waals surface area (Å²) in [5.41, 5.74) is -0.408. The summed E-state index contributed by atoms with van der Waals surface area (Å²) in [6, 6.07) is 12.2. The number of methoxy groups -OCH3 is 1. The van der Waals surface area contributed by atoms with Gasteiger partial charge in [-0.15, -0.1) is 0 Å². The summed E-state index contributed by atoms with van der Waals surface area (Å²) < 4.78 is 50.7. The number of halogens is 3. The van der Waals surface area contributed by atoms with Crippen LogP contribution < -0.4 is 10.1 Å². The fourth-order valence-electron chi connectivity index (χ4n) is 6.09. The van der Waals surface area contributed by atoms with Crippen LogP contribution in [0.25, 0.3) is 6.08 Å². The van der Waals surface area contributed by atoms with Gasteiger partial charge < -0.3 is 19.7 Å². The van der Waals surface area contributed by atoms with Crippen LogP contribution in [0.5, 0.6) is 5.75 Å². The quantitative estimate of drug-likeness (QED) is 0.325. The molecule has 1 N–H and O–H groups in total. The molecule has 2 aromatic carbocycles. The van der Waals surface area contributed by atoms with Gasteiger partial charge in [0.15, 0.2) is 0 Å². The first kappa shape index (κ1) is 27.9. The zero-order valence-corrected chi connectivity index (χ0v) is 21.8. The monoisotopic (exact) mass is 530 g/mol. The van der Waals surface area contributed by atoms with E-state index in [0.717, 1.165) is 37.2 Å². The van der Waals surface area contributed by atoms with E-state index in [2.05, 4.69) is 17.3 Å². The molecular weight excluding hydrogens is 497 g/mol. The van der Waals surface area contributed by atoms with E-state index in [1.54, 1.807) is 13.2 Å². The Labute approximate surface area is 220 Å². The summed E-state index contributed by atoms with van der Waals surface area (Å²) in [6.45, 7) is 2.91. The van der Waals surface area contributed by atoms with Crippen molar-refractivity contribution in [1.29, 1.82) is 0 Å². The van der Waals surface area contributed by atoms with Gasteiger partial charge in [-0.1, -0.05) is 24.3 Å². The molecule has 1 saturated carbocycles. The highest BCUT2D eigenvalue weighted by atomic mass is 19.4. The Bertz CT molecular complexity index is 1210. The molecule has 204 valence electrons. The van der Waals surface area contributed by atoms with Crippen molar-refractivity contribution in [1.82, 2.24) is 10.2 Å². The van der Waals surface area contributed by atoms with Crippen molar-refractivity contribution in [3.63, 3.8) is 0 Å². The van der Waals surface area contributed by atoms with Crippen LogP contribution >= 0.6 is 0 Å². The molecule has 1 saturated heterocycles. The predicted octanol–water partition coefficient (Wildman–Crippen LogP) is 4.97. The molecule has 2 aromatic rings. The van der Waals surface area contributed by atoms with Crippen LogP contribution in [0.3, 0.4) is 0 Å². The average molecular weight is 531 g/mol. The van der Waals surface area contributed by atoms with E-state index in [1.807, 2.05) is 18.2 Å². The van der Waals surface area contributed by atoms with Crippen molar-refractivity contribution < 1.29 is 32.2 Å². The minimum absolute atomic E-state index is 0.169. The van der Waals surface area contributed by atoms with Gasteiger partial charge in [-0.05, 0) is 80.7 Å². The maximum Gasteiger partial charge on any atom is 0.416 e. The fraction of sp³-hybridized carbons (Fsp3) is 0.448. The Morgan fingerprint density at radius 3 is 2.61 bits per heavy atom. The summed E-state index contributed by atoms with van der Waals surface area (Å²) in [7, 11) is 3.78. The number of fused-ring (bicyclic) bond motifs is 1. The molecule has 2 aliphatic rings. The lowest BCUT2D eigenvalue weighted by Gasteiger charge is -2.59. The van der Waals surface area contributed by atoms with Crippen LogP contribution in [0, 0.1) is 0 Å². The number of likely N-dealkylation sites (N-methyl/N-ethyl adjacent to an activating group) is 1. The molecule has 3 atom stereocenters. The normalized spacial score (nSPS) is 26.1. The molecule has 1 aliphatic heterocycles. The van der Waals surface area contributed by atoms with Gasteiger partial charge in [-0.25, -0.2) is 0 Å². The molecule has 0 radical (unpaired) electrons. The maximum atomic E-state index is 13.0. The lowest BCUT2D eigenvalue weighted by molar-refractivity contribution is -0.147. The van der Waals surface area contributed by atoms with Crippen LogP contribution in [0.15, 0.2) is 54.6 Å². The Morgan fingerprint density at radius 2 is 1.89 bits per heavy atom. The third kappa shape index (κ3) is 5.78.